The molecule has 0 aliphatic carbocycles. The number of aromatic nitrogens is 2. The van der Waals surface area contributed by atoms with Crippen molar-refractivity contribution in [2.45, 2.75) is 26.8 Å². The number of imidazole rings is 1. The highest BCUT2D eigenvalue weighted by atomic mass is 35.5. The van der Waals surface area contributed by atoms with Gasteiger partial charge in [-0.05, 0) is 36.9 Å². The van der Waals surface area contributed by atoms with Gasteiger partial charge in [-0.1, -0.05) is 37.6 Å². The normalized spacial score (nSPS) is 14.7. The van der Waals surface area contributed by atoms with E-state index in [1.54, 1.807) is 38.1 Å². The first-order valence-corrected chi connectivity index (χ1v) is 9.06. The molecule has 27 heavy (non-hydrogen) atoms. The molecule has 0 fully saturated rings. The van der Waals surface area contributed by atoms with Gasteiger partial charge in [0.15, 0.2) is 0 Å². The summed E-state index contributed by atoms with van der Waals surface area (Å²) in [7, 11) is 0. The molecular formula is C20H23ClN4O2. The highest BCUT2D eigenvalue weighted by Gasteiger charge is 2.15. The average Bonchev–Trinajstić information content (AvgIpc) is 3.07. The minimum atomic E-state index is -2.51. The van der Waals surface area contributed by atoms with E-state index in [1.807, 2.05) is 0 Å². The largest absolute Gasteiger partial charge is 0.326 e. The van der Waals surface area contributed by atoms with Crippen LogP contribution in [0.2, 0.25) is 5.02 Å². The van der Waals surface area contributed by atoms with Gasteiger partial charge in [0.1, 0.15) is 5.82 Å². The molecule has 0 aliphatic rings. The van der Waals surface area contributed by atoms with Gasteiger partial charge in [0.2, 0.25) is 0 Å². The first-order chi connectivity index (χ1) is 14.5. The lowest BCUT2D eigenvalue weighted by Crippen LogP contribution is -2.27. The summed E-state index contributed by atoms with van der Waals surface area (Å²) in [6.45, 7) is -0.712. The van der Waals surface area contributed by atoms with E-state index in [0.29, 0.717) is 18.1 Å². The van der Waals surface area contributed by atoms with Gasteiger partial charge in [0.25, 0.3) is 5.69 Å². The number of nitro groups is 1. The molecule has 142 valence electrons. The zero-order valence-corrected chi connectivity index (χ0v) is 15.9. The van der Waals surface area contributed by atoms with Gasteiger partial charge in [-0.25, -0.2) is 4.98 Å². The topological polar surface area (TPSA) is 64.2 Å². The van der Waals surface area contributed by atoms with Crippen LogP contribution in [0.3, 0.4) is 0 Å². The molecule has 0 saturated carbocycles. The van der Waals surface area contributed by atoms with E-state index in [1.165, 1.54) is 27.7 Å². The maximum Gasteiger partial charge on any atom is 0.271 e. The molecule has 6 nitrogen and oxygen atoms in total. The summed E-state index contributed by atoms with van der Waals surface area (Å²) >= 11 is 5.96. The monoisotopic (exact) mass is 390 g/mol. The van der Waals surface area contributed by atoms with E-state index < -0.39 is 17.9 Å². The molecule has 0 N–H and O–H groups in total. The predicted octanol–water partition coefficient (Wildman–Crippen LogP) is 4.53. The van der Waals surface area contributed by atoms with Crippen molar-refractivity contribution in [2.75, 3.05) is 19.6 Å². The fraction of sp³-hybridized carbons (Fsp3) is 0.350. The Bertz CT molecular complexity index is 1100. The Morgan fingerprint density at radius 3 is 2.56 bits per heavy atom. The zero-order valence-electron chi connectivity index (χ0n) is 19.1. The Labute approximate surface area is 169 Å². The molecule has 3 rings (SSSR count). The summed E-state index contributed by atoms with van der Waals surface area (Å²) < 4.78 is 36.0. The standard InChI is InChI=1S/C20H23ClN4O2/c1-3-23(4-2)11-12-24-19-10-9-17(25(26)27)14-18(19)22-20(24)13-15-5-7-16(21)8-6-15/h5-10,14H,3-4,11-13H2,1-2H3/i11D2,12D2. The van der Waals surface area contributed by atoms with Gasteiger partial charge in [0.05, 0.1) is 18.7 Å². The fourth-order valence-corrected chi connectivity index (χ4v) is 2.89. The van der Waals surface area contributed by atoms with Crippen molar-refractivity contribution in [2.24, 2.45) is 0 Å². The second-order valence-electron chi connectivity index (χ2n) is 5.99. The molecule has 0 bridgehead atoms. The molecule has 0 spiro atoms. The van der Waals surface area contributed by atoms with E-state index in [0.717, 1.165) is 5.56 Å². The molecule has 0 amide bonds. The summed E-state index contributed by atoms with van der Waals surface area (Å²) in [6.07, 6.45) is 0.202. The van der Waals surface area contributed by atoms with Crippen LogP contribution in [0.25, 0.3) is 11.0 Å². The zero-order chi connectivity index (χ0) is 23.0. The fourth-order valence-electron chi connectivity index (χ4n) is 2.76. The molecule has 1 aromatic heterocycles. The smallest absolute Gasteiger partial charge is 0.271 e. The first-order valence-electron chi connectivity index (χ1n) is 10.7. The average molecular weight is 391 g/mol. The molecule has 0 saturated heterocycles. The van der Waals surface area contributed by atoms with Gasteiger partial charge in [-0.3, -0.25) is 10.1 Å². The van der Waals surface area contributed by atoms with Crippen molar-refractivity contribution < 1.29 is 10.4 Å². The number of fused-ring (bicyclic) bond motifs is 1. The number of non-ortho nitro benzene ring substituents is 1. The Hall–Kier alpha value is -2.44. The van der Waals surface area contributed by atoms with Crippen molar-refractivity contribution in [1.29, 1.82) is 0 Å². The van der Waals surface area contributed by atoms with Crippen LogP contribution in [0.4, 0.5) is 5.69 Å². The number of nitro benzene ring substituents is 1. The highest BCUT2D eigenvalue weighted by Crippen LogP contribution is 2.24. The summed E-state index contributed by atoms with van der Waals surface area (Å²) in [4.78, 5) is 16.5. The lowest BCUT2D eigenvalue weighted by molar-refractivity contribution is -0.384. The molecule has 0 radical (unpaired) electrons. The minimum Gasteiger partial charge on any atom is -0.326 e. The van der Waals surface area contributed by atoms with Crippen molar-refractivity contribution in [3.8, 4) is 0 Å². The second kappa shape index (κ2) is 8.50. The van der Waals surface area contributed by atoms with Crippen LogP contribution in [0.15, 0.2) is 42.5 Å². The Morgan fingerprint density at radius 2 is 1.93 bits per heavy atom. The Balaban J connectivity index is 2.23. The number of hydrogen-bond donors (Lipinski definition) is 0. The third-order valence-electron chi connectivity index (χ3n) is 4.28. The van der Waals surface area contributed by atoms with Gasteiger partial charge >= 0.3 is 0 Å². The number of likely N-dealkylation sites (N-methyl/N-ethyl adjacent to an activating group) is 1. The van der Waals surface area contributed by atoms with Crippen LogP contribution in [-0.4, -0.2) is 39.0 Å². The predicted molar refractivity (Wildman–Crippen MR) is 108 cm³/mol. The van der Waals surface area contributed by atoms with E-state index in [4.69, 9.17) is 17.1 Å². The molecule has 7 heteroatoms. The summed E-state index contributed by atoms with van der Waals surface area (Å²) in [5.74, 6) is 0.263. The van der Waals surface area contributed by atoms with Crippen LogP contribution in [-0.2, 0) is 12.9 Å². The van der Waals surface area contributed by atoms with E-state index in [2.05, 4.69) is 4.98 Å². The van der Waals surface area contributed by atoms with Crippen molar-refractivity contribution in [1.82, 2.24) is 14.5 Å². The number of aryl methyl sites for hydroxylation is 1. The maximum absolute atomic E-state index is 11.2. The van der Waals surface area contributed by atoms with Crippen LogP contribution in [0, 0.1) is 10.1 Å². The highest BCUT2D eigenvalue weighted by molar-refractivity contribution is 6.30. The third kappa shape index (κ3) is 4.46. The second-order valence-corrected chi connectivity index (χ2v) is 6.43. The molecule has 2 aromatic carbocycles. The lowest BCUT2D eigenvalue weighted by Gasteiger charge is -2.19. The molecule has 0 aliphatic heterocycles. The van der Waals surface area contributed by atoms with Crippen molar-refractivity contribution >= 4 is 28.3 Å². The van der Waals surface area contributed by atoms with Crippen LogP contribution in [0.5, 0.6) is 0 Å². The van der Waals surface area contributed by atoms with Crippen LogP contribution >= 0.6 is 11.6 Å². The minimum absolute atomic E-state index is 0.164. The van der Waals surface area contributed by atoms with E-state index in [9.17, 15) is 10.1 Å². The Morgan fingerprint density at radius 1 is 1.22 bits per heavy atom. The summed E-state index contributed by atoms with van der Waals surface area (Å²) in [5.41, 5.74) is 1.16. The SMILES string of the molecule is [2H]C([2H])(N(CC)CC)C([2H])([2H])n1c(Cc2ccc(Cl)cc2)nc2cc([N+](=O)[O-])ccc21. The molecule has 3 aromatic rings. The van der Waals surface area contributed by atoms with Gasteiger partial charge in [0, 0.05) is 39.3 Å². The van der Waals surface area contributed by atoms with Crippen LogP contribution < -0.4 is 0 Å². The molecule has 1 heterocycles. The van der Waals surface area contributed by atoms with Gasteiger partial charge in [-0.15, -0.1) is 0 Å². The number of halogens is 1. The number of nitrogens with zero attached hydrogens (tertiary/aromatic N) is 4. The number of rotatable bonds is 8. The molecule has 0 atom stereocenters. The molecular weight excluding hydrogens is 364 g/mol. The van der Waals surface area contributed by atoms with Gasteiger partial charge < -0.3 is 9.47 Å². The number of hydrogen-bond acceptors (Lipinski definition) is 4. The third-order valence-corrected chi connectivity index (χ3v) is 4.53. The summed E-state index contributed by atoms with van der Waals surface area (Å²) in [5, 5.41) is 11.8. The molecule has 0 unspecified atom stereocenters. The quantitative estimate of drug-likeness (QED) is 0.418. The lowest BCUT2D eigenvalue weighted by atomic mass is 10.1. The van der Waals surface area contributed by atoms with E-state index >= 15 is 0 Å². The maximum atomic E-state index is 11.2. The van der Waals surface area contributed by atoms with Gasteiger partial charge in [-0.2, -0.15) is 0 Å². The van der Waals surface area contributed by atoms with Crippen LogP contribution in [0.1, 0.15) is 30.7 Å². The van der Waals surface area contributed by atoms with Crippen molar-refractivity contribution in [3.63, 3.8) is 0 Å². The Kier molecular flexibility index (Phi) is 4.60. The summed E-state index contributed by atoms with van der Waals surface area (Å²) in [6, 6.07) is 10.9. The van der Waals surface area contributed by atoms with E-state index in [-0.39, 0.29) is 29.0 Å². The number of benzene rings is 2. The first kappa shape index (κ1) is 14.6. The van der Waals surface area contributed by atoms with Crippen molar-refractivity contribution in [3.05, 3.63) is 69.0 Å².